The van der Waals surface area contributed by atoms with Gasteiger partial charge in [-0.2, -0.15) is 0 Å². The fraction of sp³-hybridized carbons (Fsp3) is 0.185. The van der Waals surface area contributed by atoms with E-state index in [4.69, 9.17) is 4.74 Å². The molecule has 0 saturated heterocycles. The highest BCUT2D eigenvalue weighted by atomic mass is 19.4. The second kappa shape index (κ2) is 8.51. The van der Waals surface area contributed by atoms with E-state index in [2.05, 4.69) is 29.7 Å². The number of imidazole rings is 1. The smallest absolute Gasteiger partial charge is 0.435 e. The lowest BCUT2D eigenvalue weighted by atomic mass is 9.69. The van der Waals surface area contributed by atoms with Gasteiger partial charge in [-0.3, -0.25) is 0 Å². The van der Waals surface area contributed by atoms with Crippen molar-refractivity contribution in [1.82, 2.24) is 24.9 Å². The fourth-order valence-electron chi connectivity index (χ4n) is 4.83. The number of fused-ring (bicyclic) bond motifs is 3. The quantitative estimate of drug-likeness (QED) is 0.266. The highest BCUT2D eigenvalue weighted by Crippen LogP contribution is 2.52. The van der Waals surface area contributed by atoms with E-state index in [0.717, 1.165) is 0 Å². The number of aromatic amines is 1. The SMILES string of the molecule is CC(C)(c1nc2nccnc2[nH]1)C1c2ccc(-c3ccc(OC(F)(F)F)cc3)nc2Oc2c(F)cccc21. The number of alkyl halides is 3. The molecular formula is C27H19F4N5O2. The standard InChI is InChI=1S/C27H19F4N5O2/c1-26(2,25-35-22-23(36-25)33-13-12-32-22)20-16-4-3-5-18(28)21(16)37-24-17(20)10-11-19(34-24)14-6-8-15(9-7-14)38-27(29,30)31/h3-13,20H,1-2H3,(H,32,33,35,36). The van der Waals surface area contributed by atoms with Crippen LogP contribution in [0.25, 0.3) is 22.6 Å². The number of halogens is 4. The topological polar surface area (TPSA) is 85.8 Å². The van der Waals surface area contributed by atoms with Crippen molar-refractivity contribution in [2.45, 2.75) is 31.5 Å². The molecule has 3 aromatic heterocycles. The number of pyridine rings is 1. The van der Waals surface area contributed by atoms with Crippen molar-refractivity contribution in [2.24, 2.45) is 0 Å². The van der Waals surface area contributed by atoms with Crippen molar-refractivity contribution in [2.75, 3.05) is 0 Å². The summed E-state index contributed by atoms with van der Waals surface area (Å²) in [6.45, 7) is 3.96. The summed E-state index contributed by atoms with van der Waals surface area (Å²) in [6.07, 6.45) is -1.66. The van der Waals surface area contributed by atoms with Crippen LogP contribution in [0.1, 0.15) is 36.7 Å². The third-order valence-corrected chi connectivity index (χ3v) is 6.56. The molecule has 6 rings (SSSR count). The molecule has 1 unspecified atom stereocenters. The zero-order valence-electron chi connectivity index (χ0n) is 20.0. The van der Waals surface area contributed by atoms with Gasteiger partial charge in [-0.15, -0.1) is 13.2 Å². The molecule has 38 heavy (non-hydrogen) atoms. The summed E-state index contributed by atoms with van der Waals surface area (Å²) >= 11 is 0. The van der Waals surface area contributed by atoms with E-state index in [9.17, 15) is 17.6 Å². The molecule has 4 heterocycles. The molecule has 1 N–H and O–H groups in total. The first-order valence-corrected chi connectivity index (χ1v) is 11.6. The Morgan fingerprint density at radius 1 is 0.895 bits per heavy atom. The highest BCUT2D eigenvalue weighted by molar-refractivity contribution is 5.66. The van der Waals surface area contributed by atoms with Crippen molar-refractivity contribution in [3.05, 3.63) is 89.8 Å². The van der Waals surface area contributed by atoms with Crippen molar-refractivity contribution in [3.63, 3.8) is 0 Å². The Labute approximate surface area is 213 Å². The lowest BCUT2D eigenvalue weighted by Crippen LogP contribution is -2.32. The minimum Gasteiger partial charge on any atom is -0.435 e. The zero-order valence-corrected chi connectivity index (χ0v) is 20.0. The van der Waals surface area contributed by atoms with E-state index in [-0.39, 0.29) is 17.4 Å². The zero-order chi connectivity index (χ0) is 26.7. The van der Waals surface area contributed by atoms with Crippen molar-refractivity contribution in [1.29, 1.82) is 0 Å². The van der Waals surface area contributed by atoms with Crippen LogP contribution in [0.2, 0.25) is 0 Å². The van der Waals surface area contributed by atoms with E-state index in [0.29, 0.717) is 39.5 Å². The molecule has 0 fully saturated rings. The van der Waals surface area contributed by atoms with Crippen molar-refractivity contribution in [3.8, 4) is 28.6 Å². The fourth-order valence-corrected chi connectivity index (χ4v) is 4.83. The van der Waals surface area contributed by atoms with Crippen LogP contribution >= 0.6 is 0 Å². The van der Waals surface area contributed by atoms with Gasteiger partial charge in [0.15, 0.2) is 22.9 Å². The van der Waals surface area contributed by atoms with Crippen molar-refractivity contribution < 1.29 is 27.0 Å². The van der Waals surface area contributed by atoms with E-state index < -0.39 is 23.5 Å². The molecule has 0 bridgehead atoms. The van der Waals surface area contributed by atoms with Gasteiger partial charge in [0.25, 0.3) is 0 Å². The lowest BCUT2D eigenvalue weighted by Gasteiger charge is -2.37. The molecule has 2 aromatic carbocycles. The number of para-hydroxylation sites is 1. The van der Waals surface area contributed by atoms with Gasteiger partial charge >= 0.3 is 6.36 Å². The summed E-state index contributed by atoms with van der Waals surface area (Å²) in [5.74, 6) is -0.436. The Kier molecular flexibility index (Phi) is 5.33. The van der Waals surface area contributed by atoms with E-state index in [1.165, 1.54) is 30.3 Å². The number of nitrogens with zero attached hydrogens (tertiary/aromatic N) is 4. The third-order valence-electron chi connectivity index (χ3n) is 6.56. The van der Waals surface area contributed by atoms with Crippen molar-refractivity contribution >= 4 is 11.3 Å². The van der Waals surface area contributed by atoms with Crippen LogP contribution in [0, 0.1) is 5.82 Å². The van der Waals surface area contributed by atoms with Crippen LogP contribution < -0.4 is 9.47 Å². The maximum Gasteiger partial charge on any atom is 0.573 e. The number of benzene rings is 2. The van der Waals surface area contributed by atoms with Crippen LogP contribution in [0.5, 0.6) is 17.4 Å². The van der Waals surface area contributed by atoms with Crippen LogP contribution in [0.15, 0.2) is 67.0 Å². The Morgan fingerprint density at radius 2 is 1.66 bits per heavy atom. The Balaban J connectivity index is 1.44. The number of hydrogen-bond donors (Lipinski definition) is 1. The minimum atomic E-state index is -4.79. The summed E-state index contributed by atoms with van der Waals surface area (Å²) in [7, 11) is 0. The first-order chi connectivity index (χ1) is 18.1. The van der Waals surface area contributed by atoms with Crippen LogP contribution in [0.4, 0.5) is 17.6 Å². The molecule has 5 aromatic rings. The molecule has 1 aliphatic heterocycles. The van der Waals surface area contributed by atoms with Gasteiger partial charge in [-0.05, 0) is 36.4 Å². The Bertz CT molecular complexity index is 1630. The average Bonchev–Trinajstić information content (AvgIpc) is 3.32. The molecule has 0 saturated carbocycles. The third kappa shape index (κ3) is 4.09. The van der Waals surface area contributed by atoms with E-state index in [1.807, 2.05) is 19.9 Å². The number of H-pyrrole nitrogens is 1. The van der Waals surface area contributed by atoms with Gasteiger partial charge in [0.1, 0.15) is 11.6 Å². The van der Waals surface area contributed by atoms with E-state index >= 15 is 0 Å². The molecule has 11 heteroatoms. The predicted octanol–water partition coefficient (Wildman–Crippen LogP) is 6.67. The normalized spacial score (nSPS) is 15.1. The predicted molar refractivity (Wildman–Crippen MR) is 129 cm³/mol. The molecule has 1 aliphatic rings. The molecule has 0 radical (unpaired) electrons. The van der Waals surface area contributed by atoms with Gasteiger partial charge in [0.05, 0.1) is 5.69 Å². The molecule has 7 nitrogen and oxygen atoms in total. The summed E-state index contributed by atoms with van der Waals surface area (Å²) in [5, 5.41) is 0. The van der Waals surface area contributed by atoms with E-state index in [1.54, 1.807) is 30.6 Å². The lowest BCUT2D eigenvalue weighted by molar-refractivity contribution is -0.274. The largest absolute Gasteiger partial charge is 0.573 e. The highest BCUT2D eigenvalue weighted by Gasteiger charge is 2.43. The van der Waals surface area contributed by atoms with Gasteiger partial charge in [0, 0.05) is 40.4 Å². The number of ether oxygens (including phenoxy) is 2. The molecule has 0 aliphatic carbocycles. The van der Waals surface area contributed by atoms with Gasteiger partial charge in [-0.1, -0.05) is 32.0 Å². The second-order valence-corrected chi connectivity index (χ2v) is 9.39. The Morgan fingerprint density at radius 3 is 2.39 bits per heavy atom. The minimum absolute atomic E-state index is 0.0593. The number of hydrogen-bond acceptors (Lipinski definition) is 6. The van der Waals surface area contributed by atoms with Crippen LogP contribution in [-0.4, -0.2) is 31.3 Å². The molecular weight excluding hydrogens is 502 g/mol. The van der Waals surface area contributed by atoms with Crippen LogP contribution in [0.3, 0.4) is 0 Å². The molecule has 1 atom stereocenters. The maximum absolute atomic E-state index is 15.0. The van der Waals surface area contributed by atoms with Gasteiger partial charge in [0.2, 0.25) is 5.88 Å². The maximum atomic E-state index is 15.0. The summed E-state index contributed by atoms with van der Waals surface area (Å²) < 4.78 is 62.5. The summed E-state index contributed by atoms with van der Waals surface area (Å²) in [6, 6.07) is 13.6. The first-order valence-electron chi connectivity index (χ1n) is 11.6. The number of rotatable bonds is 4. The molecule has 192 valence electrons. The summed E-state index contributed by atoms with van der Waals surface area (Å²) in [4.78, 5) is 21.1. The van der Waals surface area contributed by atoms with Gasteiger partial charge in [-0.25, -0.2) is 24.3 Å². The van der Waals surface area contributed by atoms with Crippen LogP contribution in [-0.2, 0) is 5.41 Å². The average molecular weight is 521 g/mol. The number of nitrogens with one attached hydrogen (secondary N) is 1. The summed E-state index contributed by atoms with van der Waals surface area (Å²) in [5.41, 5.74) is 2.61. The van der Waals surface area contributed by atoms with Gasteiger partial charge < -0.3 is 14.5 Å². The Hall–Kier alpha value is -4.54. The first kappa shape index (κ1) is 23.8. The second-order valence-electron chi connectivity index (χ2n) is 9.39. The molecule has 0 spiro atoms. The number of aromatic nitrogens is 5. The molecule has 0 amide bonds. The monoisotopic (exact) mass is 521 g/mol.